The van der Waals surface area contributed by atoms with Crippen molar-refractivity contribution in [2.24, 2.45) is 0 Å². The van der Waals surface area contributed by atoms with E-state index in [1.54, 1.807) is 42.5 Å². The largest absolute Gasteiger partial charge is 0.481 e. The Morgan fingerprint density at radius 1 is 1.03 bits per heavy atom. The van der Waals surface area contributed by atoms with E-state index < -0.39 is 15.8 Å². The third-order valence-electron chi connectivity index (χ3n) is 4.87. The number of sulfone groups is 1. The SMILES string of the molecule is Cc1ccc(S(=O)(=O)c2c[nH]c3ccc(Oc4c(Cl)cc(CC(=O)O)cc4Cl)cc23)cc1. The zero-order chi connectivity index (χ0) is 23.0. The second-order valence-corrected chi connectivity index (χ2v) is 9.97. The number of fused-ring (bicyclic) bond motifs is 1. The van der Waals surface area contributed by atoms with Crippen LogP contribution in [0, 0.1) is 6.92 Å². The maximum absolute atomic E-state index is 13.2. The highest BCUT2D eigenvalue weighted by Gasteiger charge is 2.22. The number of aliphatic carboxylic acids is 1. The predicted molar refractivity (Wildman–Crippen MR) is 123 cm³/mol. The summed E-state index contributed by atoms with van der Waals surface area (Å²) in [6.45, 7) is 1.89. The first kappa shape index (κ1) is 22.2. The summed E-state index contributed by atoms with van der Waals surface area (Å²) in [5.41, 5.74) is 2.02. The number of hydrogen-bond donors (Lipinski definition) is 2. The number of carboxylic acid groups (broad SMARTS) is 1. The molecule has 0 bridgehead atoms. The quantitative estimate of drug-likeness (QED) is 0.344. The van der Waals surface area contributed by atoms with Crippen LogP contribution in [0.3, 0.4) is 0 Å². The summed E-state index contributed by atoms with van der Waals surface area (Å²) in [5.74, 6) is -0.529. The number of hydrogen-bond acceptors (Lipinski definition) is 4. The number of aromatic amines is 1. The lowest BCUT2D eigenvalue weighted by molar-refractivity contribution is -0.136. The lowest BCUT2D eigenvalue weighted by Gasteiger charge is -2.11. The van der Waals surface area contributed by atoms with Crippen molar-refractivity contribution in [2.75, 3.05) is 0 Å². The van der Waals surface area contributed by atoms with Crippen LogP contribution in [0.1, 0.15) is 11.1 Å². The zero-order valence-corrected chi connectivity index (χ0v) is 19.1. The molecule has 0 aliphatic rings. The van der Waals surface area contributed by atoms with E-state index in [9.17, 15) is 13.2 Å². The number of carboxylic acids is 1. The summed E-state index contributed by atoms with van der Waals surface area (Å²) in [7, 11) is -3.76. The molecule has 0 atom stereocenters. The number of aryl methyl sites for hydroxylation is 1. The summed E-state index contributed by atoms with van der Waals surface area (Å²) in [5, 5.41) is 9.70. The van der Waals surface area contributed by atoms with Crippen LogP contribution in [0.5, 0.6) is 11.5 Å². The van der Waals surface area contributed by atoms with Crippen LogP contribution in [0.15, 0.2) is 70.6 Å². The number of ether oxygens (including phenoxy) is 1. The van der Waals surface area contributed by atoms with Gasteiger partial charge in [-0.25, -0.2) is 8.42 Å². The molecule has 0 saturated carbocycles. The fraction of sp³-hybridized carbons (Fsp3) is 0.0870. The molecule has 9 heteroatoms. The Kier molecular flexibility index (Phi) is 5.90. The molecule has 1 aromatic heterocycles. The van der Waals surface area contributed by atoms with Crippen LogP contribution < -0.4 is 4.74 Å². The van der Waals surface area contributed by atoms with Gasteiger partial charge in [0.05, 0.1) is 26.3 Å². The van der Waals surface area contributed by atoms with E-state index in [1.807, 2.05) is 6.92 Å². The molecule has 3 aromatic carbocycles. The Balaban J connectivity index is 1.72. The number of benzene rings is 3. The molecule has 2 N–H and O–H groups in total. The maximum Gasteiger partial charge on any atom is 0.307 e. The average Bonchev–Trinajstić information content (AvgIpc) is 3.15. The van der Waals surface area contributed by atoms with Crippen molar-refractivity contribution in [3.05, 3.63) is 82.0 Å². The predicted octanol–water partition coefficient (Wildman–Crippen LogP) is 6.04. The van der Waals surface area contributed by atoms with Crippen molar-refractivity contribution >= 4 is 49.9 Å². The maximum atomic E-state index is 13.2. The third-order valence-corrected chi connectivity index (χ3v) is 7.24. The number of rotatable bonds is 6. The molecule has 0 saturated heterocycles. The van der Waals surface area contributed by atoms with E-state index in [2.05, 4.69) is 4.98 Å². The van der Waals surface area contributed by atoms with Gasteiger partial charge in [0, 0.05) is 17.1 Å². The highest BCUT2D eigenvalue weighted by Crippen LogP contribution is 2.39. The van der Waals surface area contributed by atoms with Crippen molar-refractivity contribution in [1.29, 1.82) is 0 Å². The molecule has 1 heterocycles. The Bertz CT molecular complexity index is 1420. The second kappa shape index (κ2) is 8.50. The van der Waals surface area contributed by atoms with Crippen molar-refractivity contribution in [2.45, 2.75) is 23.1 Å². The standard InChI is InChI=1S/C23H17Cl2NO5S/c1-13-2-5-16(6-3-13)32(29,30)21-12-26-20-7-4-15(11-17(20)21)31-23-18(24)8-14(9-19(23)25)10-22(27)28/h2-9,11-12,26H,10H2,1H3,(H,27,28). The summed E-state index contributed by atoms with van der Waals surface area (Å²) >= 11 is 12.5. The molecular formula is C23H17Cl2NO5S. The first-order chi connectivity index (χ1) is 15.1. The van der Waals surface area contributed by atoms with Gasteiger partial charge in [-0.1, -0.05) is 40.9 Å². The van der Waals surface area contributed by atoms with Gasteiger partial charge in [-0.3, -0.25) is 4.79 Å². The van der Waals surface area contributed by atoms with E-state index >= 15 is 0 Å². The minimum absolute atomic E-state index is 0.121. The molecule has 164 valence electrons. The van der Waals surface area contributed by atoms with Gasteiger partial charge in [0.15, 0.2) is 5.75 Å². The smallest absolute Gasteiger partial charge is 0.307 e. The van der Waals surface area contributed by atoms with E-state index in [1.165, 1.54) is 18.3 Å². The zero-order valence-electron chi connectivity index (χ0n) is 16.7. The number of carbonyl (C=O) groups is 1. The number of halogens is 2. The van der Waals surface area contributed by atoms with Crippen LogP contribution >= 0.6 is 23.2 Å². The summed E-state index contributed by atoms with van der Waals surface area (Å²) in [6, 6.07) is 14.5. The van der Waals surface area contributed by atoms with Crippen molar-refractivity contribution < 1.29 is 23.1 Å². The summed E-state index contributed by atoms with van der Waals surface area (Å²) in [4.78, 5) is 14.2. The monoisotopic (exact) mass is 489 g/mol. The van der Waals surface area contributed by atoms with Gasteiger partial charge >= 0.3 is 5.97 Å². The molecule has 0 amide bonds. The first-order valence-electron chi connectivity index (χ1n) is 9.45. The highest BCUT2D eigenvalue weighted by molar-refractivity contribution is 7.91. The van der Waals surface area contributed by atoms with E-state index in [-0.39, 0.29) is 32.0 Å². The van der Waals surface area contributed by atoms with Crippen molar-refractivity contribution in [3.8, 4) is 11.5 Å². The number of aromatic nitrogens is 1. The minimum Gasteiger partial charge on any atom is -0.481 e. The van der Waals surface area contributed by atoms with E-state index in [0.717, 1.165) is 5.56 Å². The fourth-order valence-electron chi connectivity index (χ4n) is 3.31. The van der Waals surface area contributed by atoms with Crippen molar-refractivity contribution in [3.63, 3.8) is 0 Å². The number of nitrogens with one attached hydrogen (secondary N) is 1. The van der Waals surface area contributed by atoms with Crippen molar-refractivity contribution in [1.82, 2.24) is 4.98 Å². The Labute approximate surface area is 194 Å². The molecule has 6 nitrogen and oxygen atoms in total. The van der Waals surface area contributed by atoms with Crippen LogP contribution in [0.4, 0.5) is 0 Å². The van der Waals surface area contributed by atoms with Gasteiger partial charge in [-0.15, -0.1) is 0 Å². The topological polar surface area (TPSA) is 96.5 Å². The van der Waals surface area contributed by atoms with Crippen LogP contribution in [0.25, 0.3) is 10.9 Å². The Morgan fingerprint density at radius 2 is 1.69 bits per heavy atom. The Hall–Kier alpha value is -3.00. The lowest BCUT2D eigenvalue weighted by atomic mass is 10.1. The van der Waals surface area contributed by atoms with Gasteiger partial charge in [0.25, 0.3) is 0 Å². The molecule has 0 spiro atoms. The van der Waals surface area contributed by atoms with Gasteiger partial charge < -0.3 is 14.8 Å². The van der Waals surface area contributed by atoms with Gasteiger partial charge in [-0.05, 0) is 55.0 Å². The van der Waals surface area contributed by atoms with Crippen LogP contribution in [-0.2, 0) is 21.1 Å². The first-order valence-corrected chi connectivity index (χ1v) is 11.7. The van der Waals surface area contributed by atoms with Gasteiger partial charge in [-0.2, -0.15) is 0 Å². The summed E-state index contributed by atoms with van der Waals surface area (Å²) < 4.78 is 32.2. The molecule has 4 aromatic rings. The average molecular weight is 490 g/mol. The second-order valence-electron chi connectivity index (χ2n) is 7.24. The van der Waals surface area contributed by atoms with E-state index in [4.69, 9.17) is 33.0 Å². The summed E-state index contributed by atoms with van der Waals surface area (Å²) in [6.07, 6.45) is 1.22. The third kappa shape index (κ3) is 4.32. The molecule has 32 heavy (non-hydrogen) atoms. The molecule has 4 rings (SSSR count). The number of H-pyrrole nitrogens is 1. The Morgan fingerprint density at radius 3 is 2.31 bits per heavy atom. The highest BCUT2D eigenvalue weighted by atomic mass is 35.5. The lowest BCUT2D eigenvalue weighted by Crippen LogP contribution is -2.01. The fourth-order valence-corrected chi connectivity index (χ4v) is 5.34. The molecule has 0 unspecified atom stereocenters. The normalized spacial score (nSPS) is 11.6. The van der Waals surface area contributed by atoms with Gasteiger partial charge in [0.2, 0.25) is 9.84 Å². The van der Waals surface area contributed by atoms with Crippen LogP contribution in [-0.4, -0.2) is 24.5 Å². The molecule has 0 radical (unpaired) electrons. The molecular weight excluding hydrogens is 473 g/mol. The van der Waals surface area contributed by atoms with E-state index in [0.29, 0.717) is 22.2 Å². The molecule has 0 aliphatic heterocycles. The molecule has 0 fully saturated rings. The minimum atomic E-state index is -3.76. The van der Waals surface area contributed by atoms with Gasteiger partial charge in [0.1, 0.15) is 5.75 Å². The molecule has 0 aliphatic carbocycles. The van der Waals surface area contributed by atoms with Crippen LogP contribution in [0.2, 0.25) is 10.0 Å².